The number of ether oxygens (including phenoxy) is 2. The highest BCUT2D eigenvalue weighted by Gasteiger charge is 2.19. The molecule has 0 aliphatic carbocycles. The van der Waals surface area contributed by atoms with Gasteiger partial charge in [-0.05, 0) is 38.0 Å². The van der Waals surface area contributed by atoms with Crippen molar-refractivity contribution < 1.29 is 9.47 Å². The summed E-state index contributed by atoms with van der Waals surface area (Å²) in [4.78, 5) is 0. The third kappa shape index (κ3) is 2.44. The highest BCUT2D eigenvalue weighted by atomic mass is 79.9. The van der Waals surface area contributed by atoms with E-state index in [1.807, 2.05) is 26.0 Å². The first-order valence-electron chi connectivity index (χ1n) is 4.83. The largest absolute Gasteiger partial charge is 0.454 e. The van der Waals surface area contributed by atoms with Crippen molar-refractivity contribution in [3.63, 3.8) is 0 Å². The second kappa shape index (κ2) is 3.68. The van der Waals surface area contributed by atoms with Crippen LogP contribution in [0.5, 0.6) is 11.5 Å². The molecule has 82 valence electrons. The molecule has 0 radical (unpaired) electrons. The lowest BCUT2D eigenvalue weighted by Gasteiger charge is -2.19. The van der Waals surface area contributed by atoms with Gasteiger partial charge in [0.15, 0.2) is 11.5 Å². The normalized spacial score (nSPS) is 14.4. The van der Waals surface area contributed by atoms with E-state index in [1.54, 1.807) is 0 Å². The van der Waals surface area contributed by atoms with Gasteiger partial charge in [0.05, 0.1) is 0 Å². The number of halogens is 1. The molecule has 1 heterocycles. The standard InChI is InChI=1S/C11H14BrNO2/c1-11(2,13)5-7-3-9-10(4-8(7)12)15-6-14-9/h3-4H,5-6,13H2,1-2H3. The molecule has 3 nitrogen and oxygen atoms in total. The summed E-state index contributed by atoms with van der Waals surface area (Å²) in [5.41, 5.74) is 6.91. The summed E-state index contributed by atoms with van der Waals surface area (Å²) in [5.74, 6) is 1.60. The maximum absolute atomic E-state index is 5.99. The first-order chi connectivity index (χ1) is 6.96. The molecule has 4 heteroatoms. The summed E-state index contributed by atoms with van der Waals surface area (Å²) in [6.07, 6.45) is 0.796. The zero-order valence-electron chi connectivity index (χ0n) is 8.84. The third-order valence-corrected chi connectivity index (χ3v) is 2.93. The lowest BCUT2D eigenvalue weighted by molar-refractivity contribution is 0.174. The fourth-order valence-corrected chi connectivity index (χ4v) is 2.05. The van der Waals surface area contributed by atoms with Gasteiger partial charge in [-0.25, -0.2) is 0 Å². The van der Waals surface area contributed by atoms with Gasteiger partial charge in [-0.1, -0.05) is 15.9 Å². The number of hydrogen-bond acceptors (Lipinski definition) is 3. The van der Waals surface area contributed by atoms with Crippen LogP contribution in [0.4, 0.5) is 0 Å². The Morgan fingerprint density at radius 2 is 1.93 bits per heavy atom. The molecule has 0 unspecified atom stereocenters. The van der Waals surface area contributed by atoms with Crippen molar-refractivity contribution in [1.29, 1.82) is 0 Å². The van der Waals surface area contributed by atoms with Crippen molar-refractivity contribution in [3.8, 4) is 11.5 Å². The average molecular weight is 272 g/mol. The Labute approximate surface area is 97.7 Å². The lowest BCUT2D eigenvalue weighted by Crippen LogP contribution is -2.34. The van der Waals surface area contributed by atoms with E-state index in [-0.39, 0.29) is 5.54 Å². The van der Waals surface area contributed by atoms with Crippen LogP contribution in [-0.2, 0) is 6.42 Å². The highest BCUT2D eigenvalue weighted by molar-refractivity contribution is 9.10. The molecule has 0 spiro atoms. The topological polar surface area (TPSA) is 44.5 Å². The van der Waals surface area contributed by atoms with E-state index in [4.69, 9.17) is 15.2 Å². The second-order valence-electron chi connectivity index (χ2n) is 4.46. The minimum absolute atomic E-state index is 0.226. The van der Waals surface area contributed by atoms with E-state index in [1.165, 1.54) is 0 Å². The number of rotatable bonds is 2. The molecule has 0 fully saturated rings. The number of fused-ring (bicyclic) bond motifs is 1. The monoisotopic (exact) mass is 271 g/mol. The van der Waals surface area contributed by atoms with E-state index >= 15 is 0 Å². The van der Waals surface area contributed by atoms with Crippen molar-refractivity contribution in [2.75, 3.05) is 6.79 Å². The Balaban J connectivity index is 2.33. The van der Waals surface area contributed by atoms with Crippen LogP contribution in [0.2, 0.25) is 0 Å². The molecule has 0 saturated carbocycles. The van der Waals surface area contributed by atoms with Crippen LogP contribution in [-0.4, -0.2) is 12.3 Å². The van der Waals surface area contributed by atoms with Crippen LogP contribution >= 0.6 is 15.9 Å². The fraction of sp³-hybridized carbons (Fsp3) is 0.455. The predicted octanol–water partition coefficient (Wildman–Crippen LogP) is 2.46. The van der Waals surface area contributed by atoms with Crippen LogP contribution in [0.15, 0.2) is 16.6 Å². The quantitative estimate of drug-likeness (QED) is 0.899. The summed E-state index contributed by atoms with van der Waals surface area (Å²) in [5, 5.41) is 0. The van der Waals surface area contributed by atoms with Crippen molar-refractivity contribution >= 4 is 15.9 Å². The van der Waals surface area contributed by atoms with Crippen LogP contribution in [0.25, 0.3) is 0 Å². The molecule has 1 aromatic carbocycles. The maximum Gasteiger partial charge on any atom is 0.231 e. The summed E-state index contributed by atoms with van der Waals surface area (Å²) >= 11 is 3.51. The minimum Gasteiger partial charge on any atom is -0.454 e. The summed E-state index contributed by atoms with van der Waals surface area (Å²) < 4.78 is 11.6. The SMILES string of the molecule is CC(C)(N)Cc1cc2c(cc1Br)OCO2. The van der Waals surface area contributed by atoms with E-state index in [2.05, 4.69) is 15.9 Å². The molecule has 2 rings (SSSR count). The molecule has 0 bridgehead atoms. The van der Waals surface area contributed by atoms with Crippen molar-refractivity contribution in [2.24, 2.45) is 5.73 Å². The van der Waals surface area contributed by atoms with Gasteiger partial charge in [-0.3, -0.25) is 0 Å². The van der Waals surface area contributed by atoms with Crippen molar-refractivity contribution in [2.45, 2.75) is 25.8 Å². The average Bonchev–Trinajstić information content (AvgIpc) is 2.49. The third-order valence-electron chi connectivity index (χ3n) is 2.19. The molecule has 2 N–H and O–H groups in total. The maximum atomic E-state index is 5.99. The van der Waals surface area contributed by atoms with Crippen LogP contribution in [0.1, 0.15) is 19.4 Å². The zero-order valence-corrected chi connectivity index (χ0v) is 10.4. The number of hydrogen-bond donors (Lipinski definition) is 1. The van der Waals surface area contributed by atoms with Crippen molar-refractivity contribution in [3.05, 3.63) is 22.2 Å². The Bertz CT molecular complexity index is 385. The zero-order chi connectivity index (χ0) is 11.1. The van der Waals surface area contributed by atoms with Gasteiger partial charge in [0.1, 0.15) is 0 Å². The molecule has 0 amide bonds. The molecule has 1 aromatic rings. The van der Waals surface area contributed by atoms with E-state index in [0.717, 1.165) is 28.0 Å². The first-order valence-corrected chi connectivity index (χ1v) is 5.62. The molecule has 1 aliphatic rings. The molecular weight excluding hydrogens is 258 g/mol. The first kappa shape index (κ1) is 10.8. The van der Waals surface area contributed by atoms with E-state index < -0.39 is 0 Å². The molecule has 1 aliphatic heterocycles. The number of nitrogens with two attached hydrogens (primary N) is 1. The van der Waals surface area contributed by atoms with Gasteiger partial charge >= 0.3 is 0 Å². The molecular formula is C11H14BrNO2. The van der Waals surface area contributed by atoms with Crippen LogP contribution in [0.3, 0.4) is 0 Å². The van der Waals surface area contributed by atoms with Crippen LogP contribution < -0.4 is 15.2 Å². The van der Waals surface area contributed by atoms with Gasteiger partial charge in [-0.2, -0.15) is 0 Å². The highest BCUT2D eigenvalue weighted by Crippen LogP contribution is 2.37. The summed E-state index contributed by atoms with van der Waals surface area (Å²) in [6.45, 7) is 4.31. The minimum atomic E-state index is -0.226. The summed E-state index contributed by atoms with van der Waals surface area (Å²) in [7, 11) is 0. The Hall–Kier alpha value is -0.740. The van der Waals surface area contributed by atoms with Gasteiger partial charge in [-0.15, -0.1) is 0 Å². The number of benzene rings is 1. The Morgan fingerprint density at radius 3 is 2.53 bits per heavy atom. The molecule has 0 atom stereocenters. The Kier molecular flexibility index (Phi) is 2.64. The second-order valence-corrected chi connectivity index (χ2v) is 5.32. The van der Waals surface area contributed by atoms with Gasteiger partial charge in [0.2, 0.25) is 6.79 Å². The Morgan fingerprint density at radius 1 is 1.33 bits per heavy atom. The smallest absolute Gasteiger partial charge is 0.231 e. The predicted molar refractivity (Wildman–Crippen MR) is 62.2 cm³/mol. The summed E-state index contributed by atoms with van der Waals surface area (Å²) in [6, 6.07) is 3.92. The lowest BCUT2D eigenvalue weighted by atomic mass is 9.96. The molecule has 0 saturated heterocycles. The van der Waals surface area contributed by atoms with Crippen LogP contribution in [0, 0.1) is 0 Å². The fourth-order valence-electron chi connectivity index (χ4n) is 1.59. The molecule has 0 aromatic heterocycles. The van der Waals surface area contributed by atoms with Gasteiger partial charge in [0, 0.05) is 10.0 Å². The van der Waals surface area contributed by atoms with Crippen molar-refractivity contribution in [1.82, 2.24) is 0 Å². The van der Waals surface area contributed by atoms with Gasteiger partial charge in [0.25, 0.3) is 0 Å². The van der Waals surface area contributed by atoms with Gasteiger partial charge < -0.3 is 15.2 Å². The van der Waals surface area contributed by atoms with E-state index in [9.17, 15) is 0 Å². The molecule has 15 heavy (non-hydrogen) atoms. The van der Waals surface area contributed by atoms with E-state index in [0.29, 0.717) is 6.79 Å².